The van der Waals surface area contributed by atoms with Crippen molar-refractivity contribution in [3.63, 3.8) is 0 Å². The van der Waals surface area contributed by atoms with Crippen LogP contribution in [0.3, 0.4) is 0 Å². The molecule has 104 valence electrons. The van der Waals surface area contributed by atoms with Gasteiger partial charge in [0.15, 0.2) is 0 Å². The highest BCUT2D eigenvalue weighted by Crippen LogP contribution is 2.10. The summed E-state index contributed by atoms with van der Waals surface area (Å²) in [6.07, 6.45) is 3.84. The third-order valence-electron chi connectivity index (χ3n) is 3.55. The van der Waals surface area contributed by atoms with E-state index < -0.39 is 0 Å². The van der Waals surface area contributed by atoms with Crippen molar-refractivity contribution in [3.05, 3.63) is 0 Å². The normalized spacial score (nSPS) is 13.6. The largest absolute Gasteiger partial charge is 0.377 e. The van der Waals surface area contributed by atoms with Crippen molar-refractivity contribution in [1.82, 2.24) is 4.90 Å². The van der Waals surface area contributed by atoms with E-state index in [1.54, 1.807) is 0 Å². The van der Waals surface area contributed by atoms with Gasteiger partial charge >= 0.3 is 0 Å². The van der Waals surface area contributed by atoms with Crippen LogP contribution in [0.15, 0.2) is 0 Å². The van der Waals surface area contributed by atoms with Gasteiger partial charge in [-0.05, 0) is 25.8 Å². The maximum Gasteiger partial charge on any atom is 0.0709 e. The standard InChI is InChI=1S/C14H32N2O/c1-5-13(6-2)12-16(7-3)10-9-14(11-15)17-8-4/h13-14H,5-12,15H2,1-4H3. The average Bonchev–Trinajstić information content (AvgIpc) is 2.37. The van der Waals surface area contributed by atoms with E-state index in [4.69, 9.17) is 10.5 Å². The number of nitrogens with zero attached hydrogens (tertiary/aromatic N) is 1. The average molecular weight is 244 g/mol. The molecular weight excluding hydrogens is 212 g/mol. The predicted octanol–water partition coefficient (Wildman–Crippen LogP) is 2.50. The molecular formula is C14H32N2O. The van der Waals surface area contributed by atoms with Crippen molar-refractivity contribution in [2.75, 3.05) is 32.8 Å². The predicted molar refractivity (Wildman–Crippen MR) is 75.3 cm³/mol. The lowest BCUT2D eigenvalue weighted by atomic mass is 10.0. The molecule has 0 saturated heterocycles. The van der Waals surface area contributed by atoms with E-state index in [2.05, 4.69) is 25.7 Å². The molecule has 0 fully saturated rings. The minimum absolute atomic E-state index is 0.232. The quantitative estimate of drug-likeness (QED) is 0.607. The zero-order valence-electron chi connectivity index (χ0n) is 12.2. The SMILES string of the molecule is CCOC(CN)CCN(CC)CC(CC)CC. The summed E-state index contributed by atoms with van der Waals surface area (Å²) < 4.78 is 5.59. The summed E-state index contributed by atoms with van der Waals surface area (Å²) in [5, 5.41) is 0. The smallest absolute Gasteiger partial charge is 0.0709 e. The van der Waals surface area contributed by atoms with E-state index in [9.17, 15) is 0 Å². The lowest BCUT2D eigenvalue weighted by molar-refractivity contribution is 0.0532. The zero-order valence-corrected chi connectivity index (χ0v) is 12.2. The van der Waals surface area contributed by atoms with E-state index in [1.165, 1.54) is 19.4 Å². The van der Waals surface area contributed by atoms with Crippen molar-refractivity contribution in [2.24, 2.45) is 11.7 Å². The molecule has 3 nitrogen and oxygen atoms in total. The maximum atomic E-state index is 5.70. The van der Waals surface area contributed by atoms with Gasteiger partial charge in [-0.1, -0.05) is 33.6 Å². The minimum Gasteiger partial charge on any atom is -0.377 e. The Hall–Kier alpha value is -0.120. The van der Waals surface area contributed by atoms with E-state index in [0.717, 1.165) is 32.0 Å². The summed E-state index contributed by atoms with van der Waals surface area (Å²) in [7, 11) is 0. The van der Waals surface area contributed by atoms with Crippen molar-refractivity contribution in [1.29, 1.82) is 0 Å². The van der Waals surface area contributed by atoms with Crippen LogP contribution in [0, 0.1) is 5.92 Å². The van der Waals surface area contributed by atoms with Crippen molar-refractivity contribution in [2.45, 2.75) is 53.1 Å². The Balaban J connectivity index is 3.94. The summed E-state index contributed by atoms with van der Waals surface area (Å²) in [5.41, 5.74) is 5.70. The third kappa shape index (κ3) is 7.74. The van der Waals surface area contributed by atoms with Gasteiger partial charge in [-0.15, -0.1) is 0 Å². The Morgan fingerprint density at radius 1 is 1.12 bits per heavy atom. The van der Waals surface area contributed by atoms with Crippen LogP contribution in [0.25, 0.3) is 0 Å². The second-order valence-corrected chi connectivity index (χ2v) is 4.68. The summed E-state index contributed by atoms with van der Waals surface area (Å²) in [4.78, 5) is 2.53. The van der Waals surface area contributed by atoms with Gasteiger partial charge in [-0.2, -0.15) is 0 Å². The van der Waals surface area contributed by atoms with Gasteiger partial charge in [0.05, 0.1) is 6.10 Å². The van der Waals surface area contributed by atoms with Crippen molar-refractivity contribution in [3.8, 4) is 0 Å². The molecule has 0 aliphatic rings. The lowest BCUT2D eigenvalue weighted by Gasteiger charge is -2.26. The maximum absolute atomic E-state index is 5.70. The summed E-state index contributed by atoms with van der Waals surface area (Å²) in [6, 6.07) is 0. The molecule has 3 heteroatoms. The Bertz CT molecular complexity index is 160. The van der Waals surface area contributed by atoms with Crippen LogP contribution < -0.4 is 5.73 Å². The van der Waals surface area contributed by atoms with E-state index >= 15 is 0 Å². The molecule has 0 aromatic heterocycles. The molecule has 0 aliphatic carbocycles. The molecule has 0 radical (unpaired) electrons. The summed E-state index contributed by atoms with van der Waals surface area (Å²) >= 11 is 0. The Kier molecular flexibility index (Phi) is 10.9. The summed E-state index contributed by atoms with van der Waals surface area (Å²) in [5.74, 6) is 0.832. The second-order valence-electron chi connectivity index (χ2n) is 4.68. The molecule has 1 unspecified atom stereocenters. The molecule has 0 aliphatic heterocycles. The van der Waals surface area contributed by atoms with Gasteiger partial charge in [0, 0.05) is 26.2 Å². The van der Waals surface area contributed by atoms with Crippen molar-refractivity contribution < 1.29 is 4.74 Å². The third-order valence-corrected chi connectivity index (χ3v) is 3.55. The molecule has 1 atom stereocenters. The van der Waals surface area contributed by atoms with Gasteiger partial charge in [0.2, 0.25) is 0 Å². The molecule has 17 heavy (non-hydrogen) atoms. The first kappa shape index (κ1) is 16.9. The Morgan fingerprint density at radius 2 is 1.76 bits per heavy atom. The van der Waals surface area contributed by atoms with Crippen LogP contribution in [0.2, 0.25) is 0 Å². The van der Waals surface area contributed by atoms with E-state index in [1.807, 2.05) is 6.92 Å². The highest BCUT2D eigenvalue weighted by molar-refractivity contribution is 4.67. The lowest BCUT2D eigenvalue weighted by Crippen LogP contribution is -2.34. The molecule has 0 saturated carbocycles. The topological polar surface area (TPSA) is 38.5 Å². The van der Waals surface area contributed by atoms with Crippen LogP contribution >= 0.6 is 0 Å². The number of rotatable bonds is 11. The van der Waals surface area contributed by atoms with Gasteiger partial charge in [0.1, 0.15) is 0 Å². The van der Waals surface area contributed by atoms with Crippen LogP contribution in [0.5, 0.6) is 0 Å². The number of nitrogens with two attached hydrogens (primary N) is 1. The van der Waals surface area contributed by atoms with E-state index in [-0.39, 0.29) is 6.10 Å². The highest BCUT2D eigenvalue weighted by Gasteiger charge is 2.12. The molecule has 0 bridgehead atoms. The van der Waals surface area contributed by atoms with Crippen molar-refractivity contribution >= 4 is 0 Å². The van der Waals surface area contributed by atoms with Gasteiger partial charge in [-0.25, -0.2) is 0 Å². The van der Waals surface area contributed by atoms with Crippen LogP contribution in [0.4, 0.5) is 0 Å². The fourth-order valence-electron chi connectivity index (χ4n) is 2.12. The molecule has 0 heterocycles. The molecule has 0 aromatic carbocycles. The fraction of sp³-hybridized carbons (Fsp3) is 1.00. The Morgan fingerprint density at radius 3 is 2.18 bits per heavy atom. The zero-order chi connectivity index (χ0) is 13.1. The fourth-order valence-corrected chi connectivity index (χ4v) is 2.12. The first-order valence-electron chi connectivity index (χ1n) is 7.25. The molecule has 0 amide bonds. The Labute approximate surface area is 108 Å². The van der Waals surface area contributed by atoms with Gasteiger partial charge in [-0.3, -0.25) is 0 Å². The minimum atomic E-state index is 0.232. The van der Waals surface area contributed by atoms with Crippen LogP contribution in [-0.2, 0) is 4.74 Å². The first-order valence-corrected chi connectivity index (χ1v) is 7.25. The number of hydrogen-bond donors (Lipinski definition) is 1. The summed E-state index contributed by atoms with van der Waals surface area (Å²) in [6.45, 7) is 13.7. The number of ether oxygens (including phenoxy) is 1. The monoisotopic (exact) mass is 244 g/mol. The molecule has 0 spiro atoms. The van der Waals surface area contributed by atoms with E-state index in [0.29, 0.717) is 6.54 Å². The molecule has 0 rings (SSSR count). The van der Waals surface area contributed by atoms with Gasteiger partial charge < -0.3 is 15.4 Å². The van der Waals surface area contributed by atoms with Crippen LogP contribution in [-0.4, -0.2) is 43.8 Å². The second kappa shape index (κ2) is 11.0. The van der Waals surface area contributed by atoms with Crippen LogP contribution in [0.1, 0.15) is 47.0 Å². The number of hydrogen-bond acceptors (Lipinski definition) is 3. The molecule has 0 aromatic rings. The first-order chi connectivity index (χ1) is 8.21. The van der Waals surface area contributed by atoms with Gasteiger partial charge in [0.25, 0.3) is 0 Å². The molecule has 2 N–H and O–H groups in total. The highest BCUT2D eigenvalue weighted by atomic mass is 16.5.